The number of carbonyl (C=O) groups excluding carboxylic acids is 1. The molecule has 1 aromatic carbocycles. The molecule has 3 rings (SSSR count). The Labute approximate surface area is 150 Å². The molecule has 2 heterocycles. The number of fused-ring (bicyclic) bond motifs is 1. The zero-order valence-corrected chi connectivity index (χ0v) is 14.8. The van der Waals surface area contributed by atoms with Crippen LogP contribution in [0, 0.1) is 0 Å². The third kappa shape index (κ3) is 3.25. The fraction of sp³-hybridized carbons (Fsp3) is 0.353. The van der Waals surface area contributed by atoms with Crippen LogP contribution in [-0.4, -0.2) is 21.5 Å². The van der Waals surface area contributed by atoms with Gasteiger partial charge in [-0.15, -0.1) is 12.4 Å². The van der Waals surface area contributed by atoms with Gasteiger partial charge in [0.1, 0.15) is 6.04 Å². The second-order valence-electron chi connectivity index (χ2n) is 6.09. The van der Waals surface area contributed by atoms with Crippen molar-refractivity contribution in [3.8, 4) is 5.88 Å². The van der Waals surface area contributed by atoms with Gasteiger partial charge in [-0.3, -0.25) is 14.2 Å². The van der Waals surface area contributed by atoms with Gasteiger partial charge in [-0.2, -0.15) is 0 Å². The number of hydrogen-bond donors (Lipinski definition) is 1. The van der Waals surface area contributed by atoms with Gasteiger partial charge in [0, 0.05) is 26.1 Å². The lowest BCUT2D eigenvalue weighted by Crippen LogP contribution is -2.87. The van der Waals surface area contributed by atoms with Crippen molar-refractivity contribution in [2.75, 3.05) is 6.54 Å². The number of benzene rings is 1. The summed E-state index contributed by atoms with van der Waals surface area (Å²) < 4.78 is 1.60. The van der Waals surface area contributed by atoms with Crippen LogP contribution in [0.15, 0.2) is 33.9 Å². The number of carbonyl (C=O) groups is 1. The first-order valence-electron chi connectivity index (χ1n) is 7.83. The molecule has 2 aromatic rings. The topological polar surface area (TPSA) is 101 Å². The predicted octanol–water partition coefficient (Wildman–Crippen LogP) is -0.987. The molecule has 1 aliphatic heterocycles. The van der Waals surface area contributed by atoms with Gasteiger partial charge >= 0.3 is 5.69 Å². The van der Waals surface area contributed by atoms with Gasteiger partial charge < -0.3 is 15.0 Å². The zero-order valence-electron chi connectivity index (χ0n) is 14.0. The second-order valence-corrected chi connectivity index (χ2v) is 6.09. The maximum Gasteiger partial charge on any atom is 0.329 e. The maximum atomic E-state index is 12.6. The SMILES string of the molecule is Cl.Cn1c([O-])c(C(=O)CC2[NH2+]CCc3ccccc32)c(=O)n(C)c1=O. The summed E-state index contributed by atoms with van der Waals surface area (Å²) in [5.74, 6) is -1.34. The summed E-state index contributed by atoms with van der Waals surface area (Å²) in [4.78, 5) is 36.6. The number of rotatable bonds is 3. The molecule has 0 saturated carbocycles. The monoisotopic (exact) mass is 365 g/mol. The van der Waals surface area contributed by atoms with Crippen LogP contribution < -0.4 is 21.7 Å². The van der Waals surface area contributed by atoms with E-state index in [1.54, 1.807) is 0 Å². The van der Waals surface area contributed by atoms with Gasteiger partial charge in [0.15, 0.2) is 5.78 Å². The molecule has 1 unspecified atom stereocenters. The highest BCUT2D eigenvalue weighted by molar-refractivity contribution is 5.98. The molecule has 0 amide bonds. The molecule has 0 saturated heterocycles. The van der Waals surface area contributed by atoms with Crippen molar-refractivity contribution in [1.82, 2.24) is 9.13 Å². The molecule has 1 aliphatic rings. The lowest BCUT2D eigenvalue weighted by molar-refractivity contribution is -0.698. The Hall–Kier alpha value is -2.38. The van der Waals surface area contributed by atoms with Crippen LogP contribution in [0.25, 0.3) is 0 Å². The molecule has 0 aliphatic carbocycles. The van der Waals surface area contributed by atoms with Crippen LogP contribution in [0.2, 0.25) is 0 Å². The average molecular weight is 366 g/mol. The molecule has 134 valence electrons. The third-order valence-electron chi connectivity index (χ3n) is 4.61. The zero-order chi connectivity index (χ0) is 17.4. The van der Waals surface area contributed by atoms with Gasteiger partial charge in [-0.05, 0) is 11.4 Å². The first-order valence-corrected chi connectivity index (χ1v) is 7.83. The number of Topliss-reactive ketones (excluding diaryl/α,β-unsaturated/α-hetero) is 1. The number of hydrogen-bond acceptors (Lipinski definition) is 4. The summed E-state index contributed by atoms with van der Waals surface area (Å²) >= 11 is 0. The van der Waals surface area contributed by atoms with Gasteiger partial charge in [0.2, 0.25) is 0 Å². The normalized spacial score (nSPS) is 16.0. The van der Waals surface area contributed by atoms with Gasteiger partial charge in [-0.25, -0.2) is 4.79 Å². The Bertz CT molecular complexity index is 932. The van der Waals surface area contributed by atoms with E-state index in [1.165, 1.54) is 19.7 Å². The van der Waals surface area contributed by atoms with Crippen LogP contribution >= 0.6 is 12.4 Å². The Kier molecular flexibility index (Phi) is 5.49. The molecular formula is C17H20ClN3O4. The van der Waals surface area contributed by atoms with Crippen molar-refractivity contribution < 1.29 is 15.2 Å². The maximum absolute atomic E-state index is 12.6. The van der Waals surface area contributed by atoms with Crippen LogP contribution in [0.5, 0.6) is 5.88 Å². The summed E-state index contributed by atoms with van der Waals surface area (Å²) in [7, 11) is 2.53. The van der Waals surface area contributed by atoms with E-state index in [0.717, 1.165) is 27.7 Å². The van der Waals surface area contributed by atoms with Gasteiger partial charge in [0.05, 0.1) is 18.5 Å². The van der Waals surface area contributed by atoms with E-state index in [2.05, 4.69) is 5.32 Å². The highest BCUT2D eigenvalue weighted by Gasteiger charge is 2.27. The van der Waals surface area contributed by atoms with Gasteiger partial charge in [0.25, 0.3) is 5.56 Å². The van der Waals surface area contributed by atoms with Crippen LogP contribution in [0.1, 0.15) is 33.9 Å². The Morgan fingerprint density at radius 1 is 1.24 bits per heavy atom. The third-order valence-corrected chi connectivity index (χ3v) is 4.61. The van der Waals surface area contributed by atoms with Crippen molar-refractivity contribution >= 4 is 18.2 Å². The van der Waals surface area contributed by atoms with Crippen molar-refractivity contribution in [3.05, 3.63) is 61.8 Å². The first kappa shape index (κ1) is 19.0. The predicted molar refractivity (Wildman–Crippen MR) is 92.2 cm³/mol. The molecule has 0 fully saturated rings. The largest absolute Gasteiger partial charge is 0.859 e. The molecule has 1 atom stereocenters. The smallest absolute Gasteiger partial charge is 0.329 e. The van der Waals surface area contributed by atoms with Crippen molar-refractivity contribution in [2.45, 2.75) is 18.9 Å². The van der Waals surface area contributed by atoms with Crippen LogP contribution in [0.4, 0.5) is 0 Å². The summed E-state index contributed by atoms with van der Waals surface area (Å²) in [5, 5.41) is 14.3. The molecule has 7 nitrogen and oxygen atoms in total. The van der Waals surface area contributed by atoms with Crippen LogP contribution in [-0.2, 0) is 20.5 Å². The summed E-state index contributed by atoms with van der Waals surface area (Å²) in [5.41, 5.74) is 0.268. The molecule has 0 radical (unpaired) electrons. The van der Waals surface area contributed by atoms with Crippen molar-refractivity contribution in [1.29, 1.82) is 0 Å². The molecule has 8 heteroatoms. The molecule has 25 heavy (non-hydrogen) atoms. The Morgan fingerprint density at radius 3 is 2.64 bits per heavy atom. The van der Waals surface area contributed by atoms with E-state index in [-0.39, 0.29) is 24.9 Å². The molecule has 2 N–H and O–H groups in total. The number of aromatic nitrogens is 2. The van der Waals surface area contributed by atoms with E-state index in [4.69, 9.17) is 0 Å². The molecule has 1 aromatic heterocycles. The minimum atomic E-state index is -0.822. The quantitative estimate of drug-likeness (QED) is 0.706. The molecule has 0 spiro atoms. The standard InChI is InChI=1S/C17H19N3O4.ClH/c1-19-15(22)14(16(23)20(2)17(19)24)13(21)9-12-11-6-4-3-5-10(11)7-8-18-12;/h3-6,12,18,22H,7-9H2,1-2H3;1H. The molecule has 0 bridgehead atoms. The Balaban J connectivity index is 0.00000225. The van der Waals surface area contributed by atoms with Crippen molar-refractivity contribution in [2.24, 2.45) is 14.1 Å². The Morgan fingerprint density at radius 2 is 1.92 bits per heavy atom. The number of nitrogens with zero attached hydrogens (tertiary/aromatic N) is 2. The van der Waals surface area contributed by atoms with E-state index >= 15 is 0 Å². The molecular weight excluding hydrogens is 346 g/mol. The summed E-state index contributed by atoms with van der Waals surface area (Å²) in [6.45, 7) is 0.852. The fourth-order valence-electron chi connectivity index (χ4n) is 3.25. The van der Waals surface area contributed by atoms with Crippen molar-refractivity contribution in [3.63, 3.8) is 0 Å². The lowest BCUT2D eigenvalue weighted by Gasteiger charge is -2.24. The average Bonchev–Trinajstić information content (AvgIpc) is 2.59. The second kappa shape index (κ2) is 7.25. The highest BCUT2D eigenvalue weighted by Crippen LogP contribution is 2.23. The van der Waals surface area contributed by atoms with Crippen LogP contribution in [0.3, 0.4) is 0 Å². The van der Waals surface area contributed by atoms with E-state index in [9.17, 15) is 19.5 Å². The van der Waals surface area contributed by atoms with E-state index < -0.39 is 28.5 Å². The minimum absolute atomic E-state index is 0. The lowest BCUT2D eigenvalue weighted by atomic mass is 9.90. The minimum Gasteiger partial charge on any atom is -0.859 e. The number of ketones is 1. The van der Waals surface area contributed by atoms with E-state index in [0.29, 0.717) is 0 Å². The number of nitrogens with two attached hydrogens (primary N) is 1. The fourth-order valence-corrected chi connectivity index (χ4v) is 3.25. The highest BCUT2D eigenvalue weighted by atomic mass is 35.5. The summed E-state index contributed by atoms with van der Waals surface area (Å²) in [6, 6.07) is 7.76. The van der Waals surface area contributed by atoms with Gasteiger partial charge in [-0.1, -0.05) is 24.3 Å². The summed E-state index contributed by atoms with van der Waals surface area (Å²) in [6.07, 6.45) is 0.981. The first-order chi connectivity index (χ1) is 11.4. The number of quaternary nitrogens is 1. The van der Waals surface area contributed by atoms with E-state index in [1.807, 2.05) is 24.3 Å². The number of halogens is 1.